The van der Waals surface area contributed by atoms with E-state index in [1.807, 2.05) is 31.1 Å². The van der Waals surface area contributed by atoms with Gasteiger partial charge in [-0.2, -0.15) is 0 Å². The molecule has 0 aliphatic carbocycles. The molecule has 106 valence electrons. The molecule has 0 fully saturated rings. The minimum atomic E-state index is 0.226. The van der Waals surface area contributed by atoms with Gasteiger partial charge in [0.2, 0.25) is 5.91 Å². The second-order valence-corrected chi connectivity index (χ2v) is 5.42. The summed E-state index contributed by atoms with van der Waals surface area (Å²) in [5, 5.41) is 0. The largest absolute Gasteiger partial charge is 0.354 e. The summed E-state index contributed by atoms with van der Waals surface area (Å²) in [6.07, 6.45) is 4.24. The highest BCUT2D eigenvalue weighted by Crippen LogP contribution is 2.17. The van der Waals surface area contributed by atoms with Gasteiger partial charge in [0, 0.05) is 38.3 Å². The minimum absolute atomic E-state index is 0.226. The van der Waals surface area contributed by atoms with Crippen LogP contribution in [0.1, 0.15) is 29.3 Å². The van der Waals surface area contributed by atoms with Gasteiger partial charge in [0.25, 0.3) is 0 Å². The zero-order chi connectivity index (χ0) is 14.1. The predicted molar refractivity (Wildman–Crippen MR) is 76.2 cm³/mol. The smallest absolute Gasteiger partial charge is 0.223 e. The molecule has 0 saturated carbocycles. The quantitative estimate of drug-likeness (QED) is 0.922. The SMILES string of the molecule is Cc1nc2c([nH]1)CN(C(=O)CCc1cccn1C)CC2. The van der Waals surface area contributed by atoms with E-state index in [1.165, 1.54) is 5.69 Å². The number of nitrogens with one attached hydrogen (secondary N) is 1. The number of hydrogen-bond donors (Lipinski definition) is 1. The van der Waals surface area contributed by atoms with Crippen LogP contribution in [-0.2, 0) is 31.2 Å². The minimum Gasteiger partial charge on any atom is -0.354 e. The van der Waals surface area contributed by atoms with Gasteiger partial charge in [0.15, 0.2) is 0 Å². The topological polar surface area (TPSA) is 53.9 Å². The molecule has 0 aromatic carbocycles. The number of nitrogens with zero attached hydrogens (tertiary/aromatic N) is 3. The van der Waals surface area contributed by atoms with Crippen LogP contribution < -0.4 is 0 Å². The van der Waals surface area contributed by atoms with Gasteiger partial charge >= 0.3 is 0 Å². The molecule has 3 rings (SSSR count). The van der Waals surface area contributed by atoms with E-state index < -0.39 is 0 Å². The predicted octanol–water partition coefficient (Wildman–Crippen LogP) is 1.57. The Morgan fingerprint density at radius 3 is 3.10 bits per heavy atom. The first-order valence-corrected chi connectivity index (χ1v) is 7.06. The van der Waals surface area contributed by atoms with Crippen molar-refractivity contribution in [1.82, 2.24) is 19.4 Å². The lowest BCUT2D eigenvalue weighted by Gasteiger charge is -2.26. The zero-order valence-corrected chi connectivity index (χ0v) is 12.0. The number of rotatable bonds is 3. The lowest BCUT2D eigenvalue weighted by molar-refractivity contribution is -0.132. The van der Waals surface area contributed by atoms with E-state index in [0.29, 0.717) is 13.0 Å². The van der Waals surface area contributed by atoms with E-state index in [0.717, 1.165) is 36.6 Å². The van der Waals surface area contributed by atoms with Crippen LogP contribution in [0, 0.1) is 6.92 Å². The summed E-state index contributed by atoms with van der Waals surface area (Å²) < 4.78 is 2.07. The molecule has 1 aliphatic heterocycles. The summed E-state index contributed by atoms with van der Waals surface area (Å²) in [5.41, 5.74) is 3.42. The molecule has 0 bridgehead atoms. The van der Waals surface area contributed by atoms with E-state index in [-0.39, 0.29) is 5.91 Å². The number of carbonyl (C=O) groups excluding carboxylic acids is 1. The molecule has 0 unspecified atom stereocenters. The molecule has 3 heterocycles. The second kappa shape index (κ2) is 5.15. The molecule has 5 heteroatoms. The molecule has 20 heavy (non-hydrogen) atoms. The monoisotopic (exact) mass is 272 g/mol. The van der Waals surface area contributed by atoms with Crippen LogP contribution in [0.5, 0.6) is 0 Å². The molecule has 0 atom stereocenters. The van der Waals surface area contributed by atoms with Crippen LogP contribution in [-0.4, -0.2) is 31.9 Å². The number of fused-ring (bicyclic) bond motifs is 1. The fourth-order valence-corrected chi connectivity index (χ4v) is 2.80. The molecule has 5 nitrogen and oxygen atoms in total. The van der Waals surface area contributed by atoms with Gasteiger partial charge in [-0.05, 0) is 25.5 Å². The van der Waals surface area contributed by atoms with E-state index in [9.17, 15) is 4.79 Å². The maximum absolute atomic E-state index is 12.3. The lowest BCUT2D eigenvalue weighted by atomic mass is 10.1. The third-order valence-electron chi connectivity index (χ3n) is 3.95. The van der Waals surface area contributed by atoms with Crippen LogP contribution in [0.2, 0.25) is 0 Å². The summed E-state index contributed by atoms with van der Waals surface area (Å²) in [4.78, 5) is 21.9. The fraction of sp³-hybridized carbons (Fsp3) is 0.467. The van der Waals surface area contributed by atoms with Crippen molar-refractivity contribution in [2.24, 2.45) is 7.05 Å². The highest BCUT2D eigenvalue weighted by atomic mass is 16.2. The van der Waals surface area contributed by atoms with Crippen molar-refractivity contribution in [3.05, 3.63) is 41.2 Å². The van der Waals surface area contributed by atoms with E-state index in [4.69, 9.17) is 0 Å². The van der Waals surface area contributed by atoms with Crippen LogP contribution >= 0.6 is 0 Å². The molecular formula is C15H20N4O. The Hall–Kier alpha value is -2.04. The van der Waals surface area contributed by atoms with Crippen molar-refractivity contribution >= 4 is 5.91 Å². The molecule has 1 N–H and O–H groups in total. The molecule has 0 saturated heterocycles. The van der Waals surface area contributed by atoms with Crippen molar-refractivity contribution in [3.63, 3.8) is 0 Å². The Labute approximate surface area is 118 Å². The van der Waals surface area contributed by atoms with Crippen LogP contribution in [0.4, 0.5) is 0 Å². The summed E-state index contributed by atoms with van der Waals surface area (Å²) in [6.45, 7) is 3.41. The van der Waals surface area contributed by atoms with Gasteiger partial charge < -0.3 is 14.5 Å². The summed E-state index contributed by atoms with van der Waals surface area (Å²) in [6, 6.07) is 4.08. The molecule has 0 spiro atoms. The molecule has 2 aromatic heterocycles. The first-order chi connectivity index (χ1) is 9.63. The van der Waals surface area contributed by atoms with Gasteiger partial charge in [-0.15, -0.1) is 0 Å². The van der Waals surface area contributed by atoms with Crippen molar-refractivity contribution in [2.45, 2.75) is 32.7 Å². The van der Waals surface area contributed by atoms with Crippen LogP contribution in [0.25, 0.3) is 0 Å². The number of amides is 1. The Bertz CT molecular complexity index is 626. The maximum Gasteiger partial charge on any atom is 0.223 e. The first kappa shape index (κ1) is 13.0. The number of aromatic nitrogens is 3. The van der Waals surface area contributed by atoms with Crippen LogP contribution in [0.15, 0.2) is 18.3 Å². The first-order valence-electron chi connectivity index (χ1n) is 7.06. The average molecular weight is 272 g/mol. The van der Waals surface area contributed by atoms with Gasteiger partial charge in [-0.1, -0.05) is 0 Å². The maximum atomic E-state index is 12.3. The van der Waals surface area contributed by atoms with E-state index >= 15 is 0 Å². The molecule has 0 radical (unpaired) electrons. The Kier molecular flexibility index (Phi) is 3.34. The standard InChI is InChI=1S/C15H20N4O/c1-11-16-13-7-9-19(10-14(13)17-11)15(20)6-5-12-4-3-8-18(12)2/h3-4,8H,5-7,9-10H2,1-2H3,(H,16,17). The Morgan fingerprint density at radius 2 is 2.35 bits per heavy atom. The number of aryl methyl sites for hydroxylation is 3. The summed E-state index contributed by atoms with van der Waals surface area (Å²) >= 11 is 0. The molecule has 1 aliphatic rings. The lowest BCUT2D eigenvalue weighted by Crippen LogP contribution is -2.36. The van der Waals surface area contributed by atoms with Crippen LogP contribution in [0.3, 0.4) is 0 Å². The number of H-pyrrole nitrogens is 1. The molecule has 2 aromatic rings. The fourth-order valence-electron chi connectivity index (χ4n) is 2.80. The molecule has 1 amide bonds. The third-order valence-corrected chi connectivity index (χ3v) is 3.95. The van der Waals surface area contributed by atoms with E-state index in [2.05, 4.69) is 20.6 Å². The van der Waals surface area contributed by atoms with Crippen molar-refractivity contribution in [3.8, 4) is 0 Å². The Morgan fingerprint density at radius 1 is 1.50 bits per heavy atom. The van der Waals surface area contributed by atoms with Gasteiger partial charge in [0.1, 0.15) is 5.82 Å². The normalized spacial score (nSPS) is 14.4. The second-order valence-electron chi connectivity index (χ2n) is 5.42. The number of aromatic amines is 1. The van der Waals surface area contributed by atoms with Gasteiger partial charge in [-0.3, -0.25) is 4.79 Å². The van der Waals surface area contributed by atoms with Gasteiger partial charge in [0.05, 0.1) is 17.9 Å². The average Bonchev–Trinajstić information content (AvgIpc) is 2.99. The number of carbonyl (C=O) groups is 1. The van der Waals surface area contributed by atoms with Crippen molar-refractivity contribution < 1.29 is 4.79 Å². The zero-order valence-electron chi connectivity index (χ0n) is 12.0. The van der Waals surface area contributed by atoms with Crippen molar-refractivity contribution in [1.29, 1.82) is 0 Å². The highest BCUT2D eigenvalue weighted by molar-refractivity contribution is 5.76. The number of imidazole rings is 1. The highest BCUT2D eigenvalue weighted by Gasteiger charge is 2.22. The summed E-state index contributed by atoms with van der Waals surface area (Å²) in [5.74, 6) is 1.16. The summed E-state index contributed by atoms with van der Waals surface area (Å²) in [7, 11) is 2.01. The third kappa shape index (κ3) is 2.48. The molecular weight excluding hydrogens is 252 g/mol. The van der Waals surface area contributed by atoms with E-state index in [1.54, 1.807) is 0 Å². The Balaban J connectivity index is 1.60. The van der Waals surface area contributed by atoms with Gasteiger partial charge in [-0.25, -0.2) is 4.98 Å². The number of hydrogen-bond acceptors (Lipinski definition) is 2. The van der Waals surface area contributed by atoms with Crippen molar-refractivity contribution in [2.75, 3.05) is 6.54 Å².